The lowest BCUT2D eigenvalue weighted by atomic mass is 9.42. The minimum atomic E-state index is -0.839. The zero-order valence-corrected chi connectivity index (χ0v) is 18.6. The molecule has 172 valence electrons. The van der Waals surface area contributed by atoms with E-state index in [4.69, 9.17) is 5.11 Å². The van der Waals surface area contributed by atoms with E-state index in [9.17, 15) is 25.2 Å². The number of fused-ring (bicyclic) bond motifs is 5. The van der Waals surface area contributed by atoms with E-state index in [-0.39, 0.29) is 52.8 Å². The lowest BCUT2D eigenvalue weighted by Crippen LogP contribution is -2.66. The highest BCUT2D eigenvalue weighted by atomic mass is 16.4. The summed E-state index contributed by atoms with van der Waals surface area (Å²) < 4.78 is 0. The van der Waals surface area contributed by atoms with E-state index in [1.54, 1.807) is 0 Å². The van der Waals surface area contributed by atoms with Crippen molar-refractivity contribution >= 4 is 5.97 Å². The Balaban J connectivity index is 1.64. The molecule has 6 nitrogen and oxygen atoms in total. The molecular formula is C24H40O6. The van der Waals surface area contributed by atoms with Crippen LogP contribution in [0.3, 0.4) is 0 Å². The first kappa shape index (κ1) is 22.5. The molecule has 4 rings (SSSR count). The van der Waals surface area contributed by atoms with Crippen LogP contribution in [0.15, 0.2) is 0 Å². The Morgan fingerprint density at radius 3 is 2.33 bits per heavy atom. The average Bonchev–Trinajstić information content (AvgIpc) is 3.05. The maximum atomic E-state index is 11.5. The molecule has 0 aromatic carbocycles. The molecule has 30 heavy (non-hydrogen) atoms. The fourth-order valence-electron chi connectivity index (χ4n) is 8.72. The van der Waals surface area contributed by atoms with Crippen LogP contribution in [0.2, 0.25) is 0 Å². The largest absolute Gasteiger partial charge is 0.481 e. The summed E-state index contributed by atoms with van der Waals surface area (Å²) in [5, 5.41) is 53.1. The van der Waals surface area contributed by atoms with Crippen molar-refractivity contribution in [3.8, 4) is 0 Å². The molecular weight excluding hydrogens is 384 g/mol. The van der Waals surface area contributed by atoms with Crippen LogP contribution >= 0.6 is 0 Å². The number of aliphatic hydroxyl groups is 4. The van der Waals surface area contributed by atoms with Gasteiger partial charge in [-0.1, -0.05) is 20.8 Å². The summed E-state index contributed by atoms with van der Waals surface area (Å²) >= 11 is 0. The molecule has 0 aliphatic heterocycles. The van der Waals surface area contributed by atoms with Crippen LogP contribution in [0.1, 0.15) is 72.1 Å². The molecule has 0 aromatic rings. The number of carboxylic acid groups (broad SMARTS) is 1. The molecule has 0 spiro atoms. The Labute approximate surface area is 179 Å². The summed E-state index contributed by atoms with van der Waals surface area (Å²) in [6.45, 7) is 6.45. The topological polar surface area (TPSA) is 118 Å². The van der Waals surface area contributed by atoms with Crippen molar-refractivity contribution in [2.24, 2.45) is 46.3 Å². The van der Waals surface area contributed by atoms with Crippen LogP contribution in [0.5, 0.6) is 0 Å². The van der Waals surface area contributed by atoms with E-state index in [1.807, 2.05) is 0 Å². The van der Waals surface area contributed by atoms with Gasteiger partial charge in [-0.25, -0.2) is 0 Å². The molecule has 0 radical (unpaired) electrons. The van der Waals surface area contributed by atoms with Gasteiger partial charge >= 0.3 is 5.97 Å². The molecule has 5 N–H and O–H groups in total. The van der Waals surface area contributed by atoms with E-state index < -0.39 is 30.4 Å². The Kier molecular flexibility index (Phi) is 5.79. The molecule has 0 saturated heterocycles. The van der Waals surface area contributed by atoms with Crippen molar-refractivity contribution in [3.63, 3.8) is 0 Å². The predicted molar refractivity (Wildman–Crippen MR) is 111 cm³/mol. The maximum Gasteiger partial charge on any atom is 0.303 e. The Morgan fingerprint density at radius 2 is 1.67 bits per heavy atom. The number of carbonyl (C=O) groups is 1. The summed E-state index contributed by atoms with van der Waals surface area (Å²) in [7, 11) is 0. The summed E-state index contributed by atoms with van der Waals surface area (Å²) in [6, 6.07) is 0. The van der Waals surface area contributed by atoms with Crippen LogP contribution in [-0.2, 0) is 4.79 Å². The Hall–Kier alpha value is -0.690. The van der Waals surface area contributed by atoms with Crippen LogP contribution in [0.25, 0.3) is 0 Å². The van der Waals surface area contributed by atoms with Crippen molar-refractivity contribution in [2.75, 3.05) is 0 Å². The molecule has 4 saturated carbocycles. The normalized spacial score (nSPS) is 54.0. The highest BCUT2D eigenvalue weighted by molar-refractivity contribution is 5.66. The van der Waals surface area contributed by atoms with Gasteiger partial charge in [0.2, 0.25) is 0 Å². The molecule has 0 amide bonds. The van der Waals surface area contributed by atoms with E-state index in [1.165, 1.54) is 0 Å². The molecule has 4 fully saturated rings. The number of carboxylic acids is 1. The minimum Gasteiger partial charge on any atom is -0.481 e. The smallest absolute Gasteiger partial charge is 0.303 e. The van der Waals surface area contributed by atoms with Gasteiger partial charge in [-0.05, 0) is 91.3 Å². The quantitative estimate of drug-likeness (QED) is 0.473. The first-order valence-corrected chi connectivity index (χ1v) is 12.0. The van der Waals surface area contributed by atoms with Crippen molar-refractivity contribution in [1.29, 1.82) is 0 Å². The lowest BCUT2D eigenvalue weighted by molar-refractivity contribution is -0.243. The third-order valence-corrected chi connectivity index (χ3v) is 10.4. The molecule has 0 bridgehead atoms. The summed E-state index contributed by atoms with van der Waals surface area (Å²) in [5.74, 6) is -0.299. The minimum absolute atomic E-state index is 0.0541. The van der Waals surface area contributed by atoms with E-state index in [2.05, 4.69) is 20.8 Å². The predicted octanol–water partition coefficient (Wildman–Crippen LogP) is 2.42. The average molecular weight is 425 g/mol. The summed E-state index contributed by atoms with van der Waals surface area (Å²) in [6.07, 6.45) is 2.67. The molecule has 0 aromatic heterocycles. The van der Waals surface area contributed by atoms with Gasteiger partial charge in [0.15, 0.2) is 0 Å². The van der Waals surface area contributed by atoms with Gasteiger partial charge in [-0.15, -0.1) is 0 Å². The van der Waals surface area contributed by atoms with E-state index in [0.29, 0.717) is 25.7 Å². The third-order valence-electron chi connectivity index (χ3n) is 10.4. The second-order valence-electron chi connectivity index (χ2n) is 11.5. The van der Waals surface area contributed by atoms with Crippen molar-refractivity contribution in [3.05, 3.63) is 0 Å². The number of aliphatic carboxylic acids is 1. The van der Waals surface area contributed by atoms with E-state index >= 15 is 0 Å². The van der Waals surface area contributed by atoms with E-state index in [0.717, 1.165) is 19.3 Å². The number of rotatable bonds is 4. The van der Waals surface area contributed by atoms with Gasteiger partial charge in [0.1, 0.15) is 0 Å². The first-order chi connectivity index (χ1) is 14.0. The number of hydrogen-bond acceptors (Lipinski definition) is 5. The third kappa shape index (κ3) is 3.16. The van der Waals surface area contributed by atoms with Crippen LogP contribution < -0.4 is 0 Å². The standard InChI is InChI=1S/C24H40O6/c1-12(4-7-19(27)28)14-5-6-15-20-16(11-18(26)24(14,15)3)23(2)9-8-13(25)10-17(23)21(29)22(20)30/h12-18,20-22,25-26,29-30H,4-11H2,1-3H3,(H,27,28)/t12-,13-,14-,15?,16+,17-,18+,20+,21+,22-,23-,24-/m1/s1. The van der Waals surface area contributed by atoms with Crippen molar-refractivity contribution in [1.82, 2.24) is 0 Å². The molecule has 6 heteroatoms. The summed E-state index contributed by atoms with van der Waals surface area (Å²) in [5.41, 5.74) is -0.547. The molecule has 4 aliphatic rings. The monoisotopic (exact) mass is 424 g/mol. The van der Waals surface area contributed by atoms with Gasteiger partial charge < -0.3 is 25.5 Å². The SMILES string of the molecule is C[C@H](CCC(=O)O)[C@H]1CCC2[C@@H]3[C@@H](O)[C@@H](O)[C@H]4C[C@H](O)CC[C@]4(C)[C@H]3C[C@H](O)[C@@]21C. The van der Waals surface area contributed by atoms with Crippen LogP contribution in [0, 0.1) is 46.3 Å². The molecule has 1 unspecified atom stereocenters. The second-order valence-corrected chi connectivity index (χ2v) is 11.5. The number of aliphatic hydroxyl groups excluding tert-OH is 4. The van der Waals surface area contributed by atoms with Crippen LogP contribution in [-0.4, -0.2) is 55.9 Å². The van der Waals surface area contributed by atoms with Gasteiger partial charge in [0.05, 0.1) is 24.4 Å². The van der Waals surface area contributed by atoms with Gasteiger partial charge in [-0.3, -0.25) is 4.79 Å². The van der Waals surface area contributed by atoms with Gasteiger partial charge in [0.25, 0.3) is 0 Å². The van der Waals surface area contributed by atoms with Gasteiger partial charge in [0, 0.05) is 6.42 Å². The van der Waals surface area contributed by atoms with Crippen LogP contribution in [0.4, 0.5) is 0 Å². The molecule has 12 atom stereocenters. The zero-order chi connectivity index (χ0) is 22.0. The summed E-state index contributed by atoms with van der Waals surface area (Å²) in [4.78, 5) is 11.1. The molecule has 0 heterocycles. The fourth-order valence-corrected chi connectivity index (χ4v) is 8.72. The van der Waals surface area contributed by atoms with Crippen molar-refractivity contribution < 1.29 is 30.3 Å². The van der Waals surface area contributed by atoms with Gasteiger partial charge in [-0.2, -0.15) is 0 Å². The lowest BCUT2D eigenvalue weighted by Gasteiger charge is -2.64. The zero-order valence-electron chi connectivity index (χ0n) is 18.6. The number of hydrogen-bond donors (Lipinski definition) is 5. The second kappa shape index (κ2) is 7.72. The highest BCUT2D eigenvalue weighted by Crippen LogP contribution is 2.68. The first-order valence-electron chi connectivity index (χ1n) is 12.0. The fraction of sp³-hybridized carbons (Fsp3) is 0.958. The molecule has 4 aliphatic carbocycles. The van der Waals surface area contributed by atoms with Crippen molar-refractivity contribution in [2.45, 2.75) is 96.6 Å². The maximum absolute atomic E-state index is 11.5. The highest BCUT2D eigenvalue weighted by Gasteiger charge is 2.67. The Morgan fingerprint density at radius 1 is 0.967 bits per heavy atom. The Bertz CT molecular complexity index is 668.